The van der Waals surface area contributed by atoms with Crippen molar-refractivity contribution in [2.24, 2.45) is 10.9 Å². The van der Waals surface area contributed by atoms with E-state index in [0.29, 0.717) is 5.92 Å². The van der Waals surface area contributed by atoms with E-state index >= 15 is 0 Å². The number of ether oxygens (including phenoxy) is 1. The zero-order chi connectivity index (χ0) is 15.8. The molecule has 0 aromatic carbocycles. The van der Waals surface area contributed by atoms with E-state index in [-0.39, 0.29) is 5.54 Å². The summed E-state index contributed by atoms with van der Waals surface area (Å²) < 4.78 is 5.61. The highest BCUT2D eigenvalue weighted by Crippen LogP contribution is 2.31. The Labute approximate surface area is 135 Å². The van der Waals surface area contributed by atoms with Crippen LogP contribution in [0.15, 0.2) is 4.99 Å². The first-order chi connectivity index (χ1) is 10.7. The van der Waals surface area contributed by atoms with Crippen LogP contribution in [0.5, 0.6) is 0 Å². The first-order valence-corrected chi connectivity index (χ1v) is 9.01. The summed E-state index contributed by atoms with van der Waals surface area (Å²) in [6, 6.07) is 0. The second-order valence-electron chi connectivity index (χ2n) is 7.00. The van der Waals surface area contributed by atoms with Gasteiger partial charge in [0, 0.05) is 31.8 Å². The van der Waals surface area contributed by atoms with Gasteiger partial charge in [0.05, 0.1) is 6.54 Å². The molecule has 22 heavy (non-hydrogen) atoms. The van der Waals surface area contributed by atoms with E-state index in [1.54, 1.807) is 0 Å². The lowest BCUT2D eigenvalue weighted by Gasteiger charge is -2.43. The molecule has 0 saturated carbocycles. The summed E-state index contributed by atoms with van der Waals surface area (Å²) >= 11 is 0. The Kier molecular flexibility index (Phi) is 6.96. The van der Waals surface area contributed by atoms with E-state index in [9.17, 15) is 0 Å². The standard InChI is InChI=1S/C17H34N4O/c1-4-18-16(19-13-15(2)3)20-14-17(7-11-22-12-8-17)21-9-5-6-10-21/h15H,4-14H2,1-3H3,(H2,18,19,20). The highest BCUT2D eigenvalue weighted by atomic mass is 16.5. The van der Waals surface area contributed by atoms with Gasteiger partial charge < -0.3 is 15.4 Å². The number of nitrogens with one attached hydrogen (secondary N) is 2. The van der Waals surface area contributed by atoms with Crippen molar-refractivity contribution in [3.8, 4) is 0 Å². The third-order valence-corrected chi connectivity index (χ3v) is 4.75. The molecule has 0 aromatic rings. The molecule has 0 radical (unpaired) electrons. The second kappa shape index (κ2) is 8.73. The fourth-order valence-corrected chi connectivity index (χ4v) is 3.39. The molecule has 2 aliphatic heterocycles. The van der Waals surface area contributed by atoms with Crippen molar-refractivity contribution in [2.75, 3.05) is 45.9 Å². The number of guanidine groups is 1. The molecule has 5 heteroatoms. The first kappa shape index (κ1) is 17.5. The summed E-state index contributed by atoms with van der Waals surface area (Å²) in [7, 11) is 0. The fourth-order valence-electron chi connectivity index (χ4n) is 3.39. The molecule has 2 aliphatic rings. The second-order valence-corrected chi connectivity index (χ2v) is 7.00. The molecule has 0 aromatic heterocycles. The van der Waals surface area contributed by atoms with E-state index in [0.717, 1.165) is 51.6 Å². The monoisotopic (exact) mass is 310 g/mol. The molecule has 2 fully saturated rings. The van der Waals surface area contributed by atoms with Crippen molar-refractivity contribution in [1.29, 1.82) is 0 Å². The number of likely N-dealkylation sites (tertiary alicyclic amines) is 1. The third-order valence-electron chi connectivity index (χ3n) is 4.75. The molecule has 0 spiro atoms. The van der Waals surface area contributed by atoms with Crippen molar-refractivity contribution >= 4 is 5.96 Å². The van der Waals surface area contributed by atoms with Gasteiger partial charge >= 0.3 is 0 Å². The van der Waals surface area contributed by atoms with Crippen LogP contribution >= 0.6 is 0 Å². The van der Waals surface area contributed by atoms with Gasteiger partial charge in [-0.3, -0.25) is 9.89 Å². The predicted molar refractivity (Wildman–Crippen MR) is 92.4 cm³/mol. The SMILES string of the molecule is CCNC(=NCC1(N2CCCC2)CCOCC1)NCC(C)C. The van der Waals surface area contributed by atoms with Crippen LogP contribution < -0.4 is 10.6 Å². The Morgan fingerprint density at radius 3 is 2.45 bits per heavy atom. The van der Waals surface area contributed by atoms with Crippen LogP contribution in [-0.2, 0) is 4.74 Å². The quantitative estimate of drug-likeness (QED) is 0.580. The molecule has 0 atom stereocenters. The van der Waals surface area contributed by atoms with Gasteiger partial charge in [-0.25, -0.2) is 0 Å². The first-order valence-electron chi connectivity index (χ1n) is 9.01. The number of aliphatic imine (C=N–C) groups is 1. The van der Waals surface area contributed by atoms with E-state index < -0.39 is 0 Å². The van der Waals surface area contributed by atoms with Gasteiger partial charge in [0.1, 0.15) is 0 Å². The van der Waals surface area contributed by atoms with Crippen LogP contribution in [0.1, 0.15) is 46.5 Å². The highest BCUT2D eigenvalue weighted by molar-refractivity contribution is 5.79. The molecule has 5 nitrogen and oxygen atoms in total. The summed E-state index contributed by atoms with van der Waals surface area (Å²) in [5.74, 6) is 1.58. The number of hydrogen-bond acceptors (Lipinski definition) is 3. The maximum absolute atomic E-state index is 5.61. The zero-order valence-electron chi connectivity index (χ0n) is 14.7. The topological polar surface area (TPSA) is 48.9 Å². The van der Waals surface area contributed by atoms with E-state index in [1.165, 1.54) is 25.9 Å². The van der Waals surface area contributed by atoms with Crippen molar-refractivity contribution in [3.63, 3.8) is 0 Å². The summed E-state index contributed by atoms with van der Waals surface area (Å²) in [6.07, 6.45) is 4.89. The minimum Gasteiger partial charge on any atom is -0.381 e. The van der Waals surface area contributed by atoms with Gasteiger partial charge in [0.2, 0.25) is 0 Å². The molecule has 0 bridgehead atoms. The lowest BCUT2D eigenvalue weighted by Crippen LogP contribution is -2.54. The molecule has 2 saturated heterocycles. The third kappa shape index (κ3) is 4.85. The minimum atomic E-state index is 0.217. The molecular formula is C17H34N4O. The summed E-state index contributed by atoms with van der Waals surface area (Å²) in [5, 5.41) is 6.83. The average Bonchev–Trinajstić information content (AvgIpc) is 3.06. The molecular weight excluding hydrogens is 276 g/mol. The highest BCUT2D eigenvalue weighted by Gasteiger charge is 2.39. The maximum Gasteiger partial charge on any atom is 0.191 e. The summed E-state index contributed by atoms with van der Waals surface area (Å²) in [5.41, 5.74) is 0.217. The molecule has 0 aliphatic carbocycles. The van der Waals surface area contributed by atoms with Crippen molar-refractivity contribution in [1.82, 2.24) is 15.5 Å². The van der Waals surface area contributed by atoms with Crippen LogP contribution in [-0.4, -0.2) is 62.3 Å². The average molecular weight is 310 g/mol. The molecule has 0 amide bonds. The van der Waals surface area contributed by atoms with Gasteiger partial charge in [-0.15, -0.1) is 0 Å². The summed E-state index contributed by atoms with van der Waals surface area (Å²) in [4.78, 5) is 7.59. The van der Waals surface area contributed by atoms with Gasteiger partial charge in [0.25, 0.3) is 0 Å². The molecule has 2 rings (SSSR count). The van der Waals surface area contributed by atoms with Crippen LogP contribution in [0, 0.1) is 5.92 Å². The number of rotatable bonds is 6. The molecule has 2 N–H and O–H groups in total. The van der Waals surface area contributed by atoms with Crippen molar-refractivity contribution in [3.05, 3.63) is 0 Å². The Bertz CT molecular complexity index is 345. The molecule has 128 valence electrons. The maximum atomic E-state index is 5.61. The van der Waals surface area contributed by atoms with E-state index in [4.69, 9.17) is 9.73 Å². The van der Waals surface area contributed by atoms with Crippen LogP contribution in [0.4, 0.5) is 0 Å². The van der Waals surface area contributed by atoms with Gasteiger partial charge in [-0.2, -0.15) is 0 Å². The van der Waals surface area contributed by atoms with Crippen LogP contribution in [0.25, 0.3) is 0 Å². The summed E-state index contributed by atoms with van der Waals surface area (Å²) in [6.45, 7) is 13.5. The minimum absolute atomic E-state index is 0.217. The lowest BCUT2D eigenvalue weighted by molar-refractivity contribution is -0.0139. The smallest absolute Gasteiger partial charge is 0.191 e. The van der Waals surface area contributed by atoms with E-state index in [2.05, 4.69) is 36.3 Å². The van der Waals surface area contributed by atoms with Gasteiger partial charge in [-0.05, 0) is 51.6 Å². The molecule has 0 unspecified atom stereocenters. The van der Waals surface area contributed by atoms with Crippen LogP contribution in [0.3, 0.4) is 0 Å². The number of hydrogen-bond donors (Lipinski definition) is 2. The van der Waals surface area contributed by atoms with Crippen molar-refractivity contribution in [2.45, 2.75) is 52.0 Å². The zero-order valence-corrected chi connectivity index (χ0v) is 14.7. The predicted octanol–water partition coefficient (Wildman–Crippen LogP) is 1.84. The van der Waals surface area contributed by atoms with Gasteiger partial charge in [0.15, 0.2) is 5.96 Å². The Morgan fingerprint density at radius 1 is 1.18 bits per heavy atom. The fraction of sp³-hybridized carbons (Fsp3) is 0.941. The number of nitrogens with zero attached hydrogens (tertiary/aromatic N) is 2. The normalized spacial score (nSPS) is 23.0. The Morgan fingerprint density at radius 2 is 1.86 bits per heavy atom. The van der Waals surface area contributed by atoms with Gasteiger partial charge in [-0.1, -0.05) is 13.8 Å². The largest absolute Gasteiger partial charge is 0.381 e. The van der Waals surface area contributed by atoms with Crippen molar-refractivity contribution < 1.29 is 4.74 Å². The Hall–Kier alpha value is -0.810. The van der Waals surface area contributed by atoms with E-state index in [1.807, 2.05) is 0 Å². The molecule has 2 heterocycles. The Balaban J connectivity index is 2.02. The lowest BCUT2D eigenvalue weighted by atomic mass is 9.88. The van der Waals surface area contributed by atoms with Crippen LogP contribution in [0.2, 0.25) is 0 Å².